The number of likely N-dealkylation sites (tertiary alicyclic amines) is 1. The van der Waals surface area contributed by atoms with Gasteiger partial charge in [-0.1, -0.05) is 29.8 Å². The molecule has 0 unspecified atom stereocenters. The Balaban J connectivity index is 1.37. The van der Waals surface area contributed by atoms with Gasteiger partial charge >= 0.3 is 0 Å². The van der Waals surface area contributed by atoms with E-state index in [0.29, 0.717) is 12.5 Å². The summed E-state index contributed by atoms with van der Waals surface area (Å²) in [6, 6.07) is 8.91. The Hall–Kier alpha value is -1.39. The summed E-state index contributed by atoms with van der Waals surface area (Å²) in [6.45, 7) is 8.65. The van der Waals surface area contributed by atoms with E-state index in [2.05, 4.69) is 46.3 Å². The molecule has 0 saturated carbocycles. The van der Waals surface area contributed by atoms with Crippen molar-refractivity contribution in [3.05, 3.63) is 35.4 Å². The number of carbonyl (C=O) groups is 1. The summed E-state index contributed by atoms with van der Waals surface area (Å²) >= 11 is 0. The van der Waals surface area contributed by atoms with E-state index >= 15 is 0 Å². The average molecular weight is 329 g/mol. The zero-order chi connectivity index (χ0) is 16.8. The molecule has 0 aliphatic carbocycles. The molecule has 132 valence electrons. The monoisotopic (exact) mass is 329 g/mol. The number of piperidine rings is 1. The third-order valence-corrected chi connectivity index (χ3v) is 5.50. The number of nitrogens with zero attached hydrogens (tertiary/aromatic N) is 2. The van der Waals surface area contributed by atoms with Gasteiger partial charge in [0.25, 0.3) is 0 Å². The number of aryl methyl sites for hydroxylation is 2. The number of hydrogen-bond donors (Lipinski definition) is 1. The zero-order valence-corrected chi connectivity index (χ0v) is 15.0. The van der Waals surface area contributed by atoms with Gasteiger partial charge in [0.2, 0.25) is 5.91 Å². The lowest BCUT2D eigenvalue weighted by molar-refractivity contribution is -0.134. The molecule has 2 saturated heterocycles. The molecular weight excluding hydrogens is 298 g/mol. The molecule has 4 nitrogen and oxygen atoms in total. The maximum atomic E-state index is 12.4. The van der Waals surface area contributed by atoms with Gasteiger partial charge in [-0.15, -0.1) is 0 Å². The van der Waals surface area contributed by atoms with Gasteiger partial charge in [-0.2, -0.15) is 0 Å². The summed E-state index contributed by atoms with van der Waals surface area (Å²) in [7, 11) is 0. The minimum Gasteiger partial charge on any atom is -0.342 e. The Labute approximate surface area is 146 Å². The van der Waals surface area contributed by atoms with E-state index in [9.17, 15) is 4.79 Å². The predicted molar refractivity (Wildman–Crippen MR) is 98.1 cm³/mol. The minimum absolute atomic E-state index is 0.328. The minimum atomic E-state index is 0.328. The molecule has 2 aliphatic heterocycles. The van der Waals surface area contributed by atoms with Crippen LogP contribution >= 0.6 is 0 Å². The molecule has 0 aromatic heterocycles. The van der Waals surface area contributed by atoms with Gasteiger partial charge in [-0.3, -0.25) is 9.69 Å². The van der Waals surface area contributed by atoms with E-state index in [1.165, 1.54) is 36.8 Å². The van der Waals surface area contributed by atoms with E-state index < -0.39 is 0 Å². The topological polar surface area (TPSA) is 35.6 Å². The highest BCUT2D eigenvalue weighted by molar-refractivity contribution is 5.78. The van der Waals surface area contributed by atoms with E-state index in [1.54, 1.807) is 0 Å². The maximum absolute atomic E-state index is 12.4. The summed E-state index contributed by atoms with van der Waals surface area (Å²) in [5, 5.41) is 3.34. The lowest BCUT2D eigenvalue weighted by Crippen LogP contribution is -2.49. The lowest BCUT2D eigenvalue weighted by Gasteiger charge is -2.34. The molecule has 0 spiro atoms. The molecule has 0 bridgehead atoms. The predicted octanol–water partition coefficient (Wildman–Crippen LogP) is 2.07. The third-order valence-electron chi connectivity index (χ3n) is 5.50. The van der Waals surface area contributed by atoms with Crippen LogP contribution in [0, 0.1) is 12.8 Å². The normalized spacial score (nSPS) is 20.3. The van der Waals surface area contributed by atoms with Crippen LogP contribution in [0.1, 0.15) is 30.4 Å². The van der Waals surface area contributed by atoms with Crippen molar-refractivity contribution in [3.8, 4) is 0 Å². The van der Waals surface area contributed by atoms with Crippen LogP contribution in [0.4, 0.5) is 0 Å². The molecular formula is C20H31N3O. The van der Waals surface area contributed by atoms with Crippen LogP contribution in [-0.4, -0.2) is 61.5 Å². The summed E-state index contributed by atoms with van der Waals surface area (Å²) in [5.74, 6) is 1.10. The first-order chi connectivity index (χ1) is 11.7. The van der Waals surface area contributed by atoms with Crippen LogP contribution in [-0.2, 0) is 11.2 Å². The quantitative estimate of drug-likeness (QED) is 0.898. The van der Waals surface area contributed by atoms with Crippen LogP contribution in [0.3, 0.4) is 0 Å². The van der Waals surface area contributed by atoms with Crippen molar-refractivity contribution < 1.29 is 4.79 Å². The van der Waals surface area contributed by atoms with Gasteiger partial charge in [-0.25, -0.2) is 0 Å². The van der Waals surface area contributed by atoms with Crippen molar-refractivity contribution in [3.63, 3.8) is 0 Å². The van der Waals surface area contributed by atoms with Gasteiger partial charge in [0.15, 0.2) is 0 Å². The highest BCUT2D eigenvalue weighted by Gasteiger charge is 2.24. The van der Waals surface area contributed by atoms with Gasteiger partial charge < -0.3 is 10.2 Å². The fourth-order valence-corrected chi connectivity index (χ4v) is 3.76. The average Bonchev–Trinajstić information content (AvgIpc) is 2.62. The summed E-state index contributed by atoms with van der Waals surface area (Å²) in [6.07, 6.45) is 4.75. The Bertz CT molecular complexity index is 514. The number of piperazine rings is 1. The van der Waals surface area contributed by atoms with Gasteiger partial charge in [0.05, 0.1) is 6.54 Å². The highest BCUT2D eigenvalue weighted by atomic mass is 16.2. The Kier molecular flexibility index (Phi) is 6.27. The van der Waals surface area contributed by atoms with Crippen molar-refractivity contribution in [1.82, 2.24) is 15.1 Å². The second kappa shape index (κ2) is 8.63. The fourth-order valence-electron chi connectivity index (χ4n) is 3.76. The van der Waals surface area contributed by atoms with Crippen LogP contribution in [0.15, 0.2) is 24.3 Å². The smallest absolute Gasteiger partial charge is 0.236 e. The van der Waals surface area contributed by atoms with Crippen molar-refractivity contribution in [2.45, 2.75) is 32.6 Å². The van der Waals surface area contributed by atoms with E-state index in [0.717, 1.165) is 45.2 Å². The number of hydrogen-bond acceptors (Lipinski definition) is 3. The first kappa shape index (κ1) is 17.4. The first-order valence-electron chi connectivity index (χ1n) is 9.47. The van der Waals surface area contributed by atoms with Crippen molar-refractivity contribution in [2.24, 2.45) is 5.92 Å². The molecule has 1 aromatic carbocycles. The van der Waals surface area contributed by atoms with E-state index in [-0.39, 0.29) is 0 Å². The number of benzene rings is 1. The molecule has 4 heteroatoms. The lowest BCUT2D eigenvalue weighted by atomic mass is 9.90. The summed E-state index contributed by atoms with van der Waals surface area (Å²) in [4.78, 5) is 16.8. The van der Waals surface area contributed by atoms with Crippen LogP contribution in [0.2, 0.25) is 0 Å². The largest absolute Gasteiger partial charge is 0.342 e. The zero-order valence-electron chi connectivity index (χ0n) is 15.0. The van der Waals surface area contributed by atoms with Crippen LogP contribution < -0.4 is 5.32 Å². The van der Waals surface area contributed by atoms with Gasteiger partial charge in [0.1, 0.15) is 0 Å². The van der Waals surface area contributed by atoms with Gasteiger partial charge in [0, 0.05) is 39.3 Å². The molecule has 0 radical (unpaired) electrons. The number of carbonyl (C=O) groups excluding carboxylic acids is 1. The summed E-state index contributed by atoms with van der Waals surface area (Å²) < 4.78 is 0. The number of nitrogens with one attached hydrogen (secondary N) is 1. The summed E-state index contributed by atoms with van der Waals surface area (Å²) in [5.41, 5.74) is 2.77. The Morgan fingerprint density at radius 1 is 1.08 bits per heavy atom. The molecule has 1 aromatic rings. The third kappa shape index (κ3) is 5.05. The van der Waals surface area contributed by atoms with E-state index in [4.69, 9.17) is 0 Å². The van der Waals surface area contributed by atoms with Crippen molar-refractivity contribution in [2.75, 3.05) is 45.8 Å². The second-order valence-corrected chi connectivity index (χ2v) is 7.37. The molecule has 1 N–H and O–H groups in total. The molecule has 1 amide bonds. The fraction of sp³-hybridized carbons (Fsp3) is 0.650. The molecule has 3 rings (SSSR count). The molecule has 2 aliphatic rings. The van der Waals surface area contributed by atoms with E-state index in [1.807, 2.05) is 0 Å². The van der Waals surface area contributed by atoms with Crippen molar-refractivity contribution in [1.29, 1.82) is 0 Å². The number of rotatable bonds is 5. The molecule has 2 heterocycles. The second-order valence-electron chi connectivity index (χ2n) is 7.37. The highest BCUT2D eigenvalue weighted by Crippen LogP contribution is 2.22. The van der Waals surface area contributed by atoms with Crippen LogP contribution in [0.5, 0.6) is 0 Å². The van der Waals surface area contributed by atoms with Gasteiger partial charge in [-0.05, 0) is 44.1 Å². The number of amides is 1. The van der Waals surface area contributed by atoms with Crippen LogP contribution in [0.25, 0.3) is 0 Å². The SMILES string of the molecule is Cc1ccc(CCC2CCN(C(=O)CN3CCNCC3)CC2)cc1. The standard InChI is InChI=1S/C20H31N3O/c1-17-2-4-18(5-3-17)6-7-19-8-12-23(13-9-19)20(24)16-22-14-10-21-11-15-22/h2-5,19,21H,6-16H2,1H3. The maximum Gasteiger partial charge on any atom is 0.236 e. The molecule has 2 fully saturated rings. The first-order valence-corrected chi connectivity index (χ1v) is 9.47. The molecule has 0 atom stereocenters. The Morgan fingerprint density at radius 2 is 1.75 bits per heavy atom. The molecule has 24 heavy (non-hydrogen) atoms. The van der Waals surface area contributed by atoms with Crippen molar-refractivity contribution >= 4 is 5.91 Å². The Morgan fingerprint density at radius 3 is 2.42 bits per heavy atom.